The summed E-state index contributed by atoms with van der Waals surface area (Å²) in [5.41, 5.74) is 1.41. The second-order valence-electron chi connectivity index (χ2n) is 7.55. The molecular weight excluding hydrogens is 448 g/mol. The number of sulfone groups is 1. The maximum absolute atomic E-state index is 12.8. The maximum atomic E-state index is 12.8. The van der Waals surface area contributed by atoms with Crippen molar-refractivity contribution in [2.75, 3.05) is 5.32 Å². The van der Waals surface area contributed by atoms with Gasteiger partial charge in [-0.25, -0.2) is 8.42 Å². The predicted molar refractivity (Wildman–Crippen MR) is 126 cm³/mol. The monoisotopic (exact) mass is 470 g/mol. The first kappa shape index (κ1) is 23.5. The van der Waals surface area contributed by atoms with Crippen LogP contribution >= 0.6 is 11.6 Å². The lowest BCUT2D eigenvalue weighted by atomic mass is 10.1. The van der Waals surface area contributed by atoms with Crippen LogP contribution in [0.5, 0.6) is 0 Å². The van der Waals surface area contributed by atoms with Gasteiger partial charge < -0.3 is 10.6 Å². The van der Waals surface area contributed by atoms with Crippen molar-refractivity contribution in [1.29, 1.82) is 0 Å². The fourth-order valence-corrected chi connectivity index (χ4v) is 4.56. The van der Waals surface area contributed by atoms with Gasteiger partial charge in [0, 0.05) is 17.2 Å². The fourth-order valence-electron chi connectivity index (χ4n) is 3.04. The average Bonchev–Trinajstić information content (AvgIpc) is 2.75. The Balaban J connectivity index is 1.79. The lowest BCUT2D eigenvalue weighted by molar-refractivity contribution is 0.0941. The first-order valence-electron chi connectivity index (χ1n) is 9.94. The molecule has 8 heteroatoms. The number of anilines is 1. The maximum Gasteiger partial charge on any atom is 0.255 e. The van der Waals surface area contributed by atoms with Gasteiger partial charge in [-0.15, -0.1) is 0 Å². The van der Waals surface area contributed by atoms with Crippen LogP contribution in [0.25, 0.3) is 0 Å². The molecule has 0 atom stereocenters. The summed E-state index contributed by atoms with van der Waals surface area (Å²) in [7, 11) is -3.54. The number of carbonyl (C=O) groups excluding carboxylic acids is 2. The zero-order valence-corrected chi connectivity index (χ0v) is 19.2. The average molecular weight is 471 g/mol. The Morgan fingerprint density at radius 3 is 2.25 bits per heavy atom. The van der Waals surface area contributed by atoms with Gasteiger partial charge in [-0.1, -0.05) is 41.9 Å². The number of nitrogens with one attached hydrogen (secondary N) is 2. The van der Waals surface area contributed by atoms with E-state index in [1.165, 1.54) is 30.3 Å². The van der Waals surface area contributed by atoms with Gasteiger partial charge in [0.05, 0.1) is 21.4 Å². The molecular formula is C24H23ClN2O4S. The summed E-state index contributed by atoms with van der Waals surface area (Å²) < 4.78 is 25.3. The molecule has 0 radical (unpaired) electrons. The highest BCUT2D eigenvalue weighted by Crippen LogP contribution is 2.24. The van der Waals surface area contributed by atoms with E-state index in [1.807, 2.05) is 13.8 Å². The zero-order chi connectivity index (χ0) is 23.3. The van der Waals surface area contributed by atoms with E-state index in [2.05, 4.69) is 10.6 Å². The molecule has 3 rings (SSSR count). The molecule has 0 aliphatic carbocycles. The molecule has 0 saturated heterocycles. The molecule has 0 bridgehead atoms. The van der Waals surface area contributed by atoms with Crippen LogP contribution in [0.4, 0.5) is 5.69 Å². The van der Waals surface area contributed by atoms with Crippen LogP contribution < -0.4 is 10.6 Å². The highest BCUT2D eigenvalue weighted by molar-refractivity contribution is 7.90. The Kier molecular flexibility index (Phi) is 7.33. The van der Waals surface area contributed by atoms with Gasteiger partial charge in [0.25, 0.3) is 11.8 Å². The minimum absolute atomic E-state index is 0.0360. The van der Waals surface area contributed by atoms with Crippen molar-refractivity contribution in [2.24, 2.45) is 0 Å². The number of rotatable bonds is 7. The van der Waals surface area contributed by atoms with E-state index in [4.69, 9.17) is 11.6 Å². The van der Waals surface area contributed by atoms with Gasteiger partial charge in [-0.05, 0) is 61.9 Å². The van der Waals surface area contributed by atoms with Crippen molar-refractivity contribution >= 4 is 38.9 Å². The van der Waals surface area contributed by atoms with E-state index in [1.54, 1.807) is 42.5 Å². The molecule has 0 aliphatic rings. The summed E-state index contributed by atoms with van der Waals surface area (Å²) in [5, 5.41) is 5.76. The summed E-state index contributed by atoms with van der Waals surface area (Å²) in [6.45, 7) is 3.70. The van der Waals surface area contributed by atoms with Crippen molar-refractivity contribution in [2.45, 2.75) is 30.5 Å². The van der Waals surface area contributed by atoms with Crippen molar-refractivity contribution < 1.29 is 18.0 Å². The van der Waals surface area contributed by atoms with Crippen molar-refractivity contribution in [1.82, 2.24) is 5.32 Å². The van der Waals surface area contributed by atoms with E-state index < -0.39 is 15.7 Å². The third kappa shape index (κ3) is 5.96. The molecule has 0 aliphatic heterocycles. The van der Waals surface area contributed by atoms with Crippen LogP contribution in [0.1, 0.15) is 40.1 Å². The van der Waals surface area contributed by atoms with Crippen LogP contribution in [0, 0.1) is 0 Å². The topological polar surface area (TPSA) is 92.3 Å². The van der Waals surface area contributed by atoms with E-state index >= 15 is 0 Å². The molecule has 2 N–H and O–H groups in total. The molecule has 0 fully saturated rings. The predicted octanol–water partition coefficient (Wildman–Crippen LogP) is 4.70. The Labute approximate surface area is 192 Å². The molecule has 166 valence electrons. The van der Waals surface area contributed by atoms with Crippen LogP contribution in [0.2, 0.25) is 5.02 Å². The first-order chi connectivity index (χ1) is 15.2. The van der Waals surface area contributed by atoms with Gasteiger partial charge >= 0.3 is 0 Å². The summed E-state index contributed by atoms with van der Waals surface area (Å²) in [6, 6.07) is 19.1. The normalized spacial score (nSPS) is 11.2. The lowest BCUT2D eigenvalue weighted by Crippen LogP contribution is -2.30. The number of carbonyl (C=O) groups is 2. The van der Waals surface area contributed by atoms with Crippen LogP contribution in [0.15, 0.2) is 77.7 Å². The van der Waals surface area contributed by atoms with Gasteiger partial charge in [-0.3, -0.25) is 9.59 Å². The Bertz CT molecular complexity index is 1240. The minimum Gasteiger partial charge on any atom is -0.350 e. The Hall–Kier alpha value is -3.16. The van der Waals surface area contributed by atoms with E-state index in [9.17, 15) is 18.0 Å². The van der Waals surface area contributed by atoms with Crippen molar-refractivity contribution in [3.05, 3.63) is 94.5 Å². The van der Waals surface area contributed by atoms with Crippen molar-refractivity contribution in [3.8, 4) is 0 Å². The number of hydrogen-bond donors (Lipinski definition) is 2. The second-order valence-corrected chi connectivity index (χ2v) is 9.95. The number of hydrogen-bond acceptors (Lipinski definition) is 4. The molecule has 6 nitrogen and oxygen atoms in total. The minimum atomic E-state index is -3.54. The van der Waals surface area contributed by atoms with E-state index in [-0.39, 0.29) is 38.9 Å². The quantitative estimate of drug-likeness (QED) is 0.523. The third-order valence-electron chi connectivity index (χ3n) is 4.54. The van der Waals surface area contributed by atoms with Gasteiger partial charge in [-0.2, -0.15) is 0 Å². The number of halogens is 1. The number of benzene rings is 3. The SMILES string of the molecule is CC(C)NC(=O)c1ccc(Cl)c(NC(=O)c2cccc(CS(=O)(=O)c3ccccc3)c2)c1. The van der Waals surface area contributed by atoms with Crippen LogP contribution in [0.3, 0.4) is 0 Å². The molecule has 0 spiro atoms. The molecule has 2 amide bonds. The first-order valence-corrected chi connectivity index (χ1v) is 12.0. The third-order valence-corrected chi connectivity index (χ3v) is 6.58. The van der Waals surface area contributed by atoms with Crippen molar-refractivity contribution in [3.63, 3.8) is 0 Å². The molecule has 3 aromatic rings. The Morgan fingerprint density at radius 2 is 1.56 bits per heavy atom. The van der Waals surface area contributed by atoms with E-state index in [0.29, 0.717) is 11.1 Å². The molecule has 3 aromatic carbocycles. The second kappa shape index (κ2) is 9.97. The lowest BCUT2D eigenvalue weighted by Gasteiger charge is -2.12. The van der Waals surface area contributed by atoms with Gasteiger partial charge in [0.15, 0.2) is 9.84 Å². The molecule has 0 unspecified atom stereocenters. The molecule has 0 saturated carbocycles. The van der Waals surface area contributed by atoms with Gasteiger partial charge in [0.1, 0.15) is 0 Å². The molecule has 0 heterocycles. The standard InChI is InChI=1S/C24H23ClN2O4S/c1-16(2)26-23(28)19-11-12-21(25)22(14-19)27-24(29)18-8-6-7-17(13-18)15-32(30,31)20-9-4-3-5-10-20/h3-14,16H,15H2,1-2H3,(H,26,28)(H,27,29). The largest absolute Gasteiger partial charge is 0.350 e. The number of amides is 2. The smallest absolute Gasteiger partial charge is 0.255 e. The van der Waals surface area contributed by atoms with E-state index in [0.717, 1.165) is 0 Å². The fraction of sp³-hybridized carbons (Fsp3) is 0.167. The Morgan fingerprint density at radius 1 is 0.875 bits per heavy atom. The highest BCUT2D eigenvalue weighted by atomic mass is 35.5. The summed E-state index contributed by atoms with van der Waals surface area (Å²) in [4.78, 5) is 25.3. The van der Waals surface area contributed by atoms with Gasteiger partial charge in [0.2, 0.25) is 0 Å². The highest BCUT2D eigenvalue weighted by Gasteiger charge is 2.17. The molecule has 0 aromatic heterocycles. The summed E-state index contributed by atoms with van der Waals surface area (Å²) >= 11 is 6.20. The summed E-state index contributed by atoms with van der Waals surface area (Å²) in [6.07, 6.45) is 0. The van der Waals surface area contributed by atoms with Crippen LogP contribution in [-0.2, 0) is 15.6 Å². The zero-order valence-electron chi connectivity index (χ0n) is 17.6. The van der Waals surface area contributed by atoms with Crippen LogP contribution in [-0.4, -0.2) is 26.3 Å². The molecule has 32 heavy (non-hydrogen) atoms. The summed E-state index contributed by atoms with van der Waals surface area (Å²) in [5.74, 6) is -0.975.